The fourth-order valence-corrected chi connectivity index (χ4v) is 3.36. The number of aliphatic hydroxyl groups is 1. The van der Waals surface area contributed by atoms with Gasteiger partial charge in [0.15, 0.2) is 0 Å². The topological polar surface area (TPSA) is 71.6 Å². The first-order valence-corrected chi connectivity index (χ1v) is 8.77. The lowest BCUT2D eigenvalue weighted by Gasteiger charge is -2.21. The number of methoxy groups -OCH3 is 1. The van der Waals surface area contributed by atoms with E-state index in [2.05, 4.69) is 15.0 Å². The summed E-state index contributed by atoms with van der Waals surface area (Å²) in [7, 11) is 1.61. The third-order valence-corrected chi connectivity index (χ3v) is 4.76. The number of halogens is 1. The monoisotopic (exact) mass is 369 g/mol. The van der Waals surface area contributed by atoms with Crippen LogP contribution >= 0.6 is 0 Å². The largest absolute Gasteiger partial charge is 0.497 e. The van der Waals surface area contributed by atoms with Gasteiger partial charge in [-0.2, -0.15) is 4.98 Å². The third kappa shape index (κ3) is 3.84. The van der Waals surface area contributed by atoms with Crippen molar-refractivity contribution in [2.45, 2.75) is 25.1 Å². The molecule has 2 aromatic carbocycles. The van der Waals surface area contributed by atoms with Gasteiger partial charge in [0.25, 0.3) is 0 Å². The molecule has 3 aromatic rings. The van der Waals surface area contributed by atoms with E-state index in [1.54, 1.807) is 19.2 Å². The van der Waals surface area contributed by atoms with Crippen LogP contribution in [0.4, 0.5) is 4.39 Å². The number of ether oxygens (including phenoxy) is 1. The molecule has 0 radical (unpaired) electrons. The second-order valence-corrected chi connectivity index (χ2v) is 6.65. The average molecular weight is 369 g/mol. The average Bonchev–Trinajstić information content (AvgIpc) is 3.30. The van der Waals surface area contributed by atoms with E-state index in [1.165, 1.54) is 12.1 Å². The van der Waals surface area contributed by atoms with Gasteiger partial charge >= 0.3 is 0 Å². The standard InChI is InChI=1S/C20H20FN3O3/c1-26-17-8-4-14(5-9-17)19-22-20(27-23-19)18-10-16(25)12-24(18)11-13-2-6-15(21)7-3-13/h2-9,16,18,25H,10-12H2,1H3. The van der Waals surface area contributed by atoms with Gasteiger partial charge in [0.1, 0.15) is 11.6 Å². The van der Waals surface area contributed by atoms with Gasteiger partial charge in [-0.1, -0.05) is 17.3 Å². The number of β-amino-alcohol motifs (C(OH)–C–C–N with tert-alkyl or cyclic N) is 1. The Hall–Kier alpha value is -2.77. The molecule has 1 saturated heterocycles. The molecule has 2 unspecified atom stereocenters. The zero-order chi connectivity index (χ0) is 18.8. The third-order valence-electron chi connectivity index (χ3n) is 4.76. The highest BCUT2D eigenvalue weighted by Crippen LogP contribution is 2.33. The summed E-state index contributed by atoms with van der Waals surface area (Å²) in [5.41, 5.74) is 1.79. The smallest absolute Gasteiger partial charge is 0.244 e. The highest BCUT2D eigenvalue weighted by Gasteiger charge is 2.35. The summed E-state index contributed by atoms with van der Waals surface area (Å²) >= 11 is 0. The molecule has 1 aliphatic heterocycles. The van der Waals surface area contributed by atoms with Crippen molar-refractivity contribution in [2.75, 3.05) is 13.7 Å². The van der Waals surface area contributed by atoms with Crippen molar-refractivity contribution in [1.29, 1.82) is 0 Å². The molecule has 0 amide bonds. The SMILES string of the molecule is COc1ccc(-c2noc(C3CC(O)CN3Cc3ccc(F)cc3)n2)cc1. The van der Waals surface area contributed by atoms with E-state index in [9.17, 15) is 9.50 Å². The first-order valence-electron chi connectivity index (χ1n) is 8.77. The molecule has 1 N–H and O–H groups in total. The van der Waals surface area contributed by atoms with Gasteiger partial charge in [0.05, 0.1) is 19.3 Å². The van der Waals surface area contributed by atoms with Gasteiger partial charge in [-0.3, -0.25) is 4.90 Å². The van der Waals surface area contributed by atoms with Gasteiger partial charge in [0, 0.05) is 18.7 Å². The molecule has 140 valence electrons. The van der Waals surface area contributed by atoms with E-state index < -0.39 is 6.10 Å². The van der Waals surface area contributed by atoms with Crippen molar-refractivity contribution in [3.63, 3.8) is 0 Å². The van der Waals surface area contributed by atoms with Crippen molar-refractivity contribution in [2.24, 2.45) is 0 Å². The molecule has 2 atom stereocenters. The number of hydrogen-bond donors (Lipinski definition) is 1. The van der Waals surface area contributed by atoms with Crippen LogP contribution in [0.2, 0.25) is 0 Å². The maximum Gasteiger partial charge on any atom is 0.244 e. The normalized spacial score (nSPS) is 20.1. The number of aromatic nitrogens is 2. The summed E-state index contributed by atoms with van der Waals surface area (Å²) in [6, 6.07) is 13.6. The van der Waals surface area contributed by atoms with Crippen molar-refractivity contribution in [3.8, 4) is 17.1 Å². The van der Waals surface area contributed by atoms with E-state index in [4.69, 9.17) is 9.26 Å². The second kappa shape index (κ2) is 7.46. The molecular formula is C20H20FN3O3. The number of aliphatic hydroxyl groups excluding tert-OH is 1. The minimum absolute atomic E-state index is 0.176. The Morgan fingerprint density at radius 3 is 2.63 bits per heavy atom. The fraction of sp³-hybridized carbons (Fsp3) is 0.300. The van der Waals surface area contributed by atoms with Crippen LogP contribution in [0.15, 0.2) is 53.1 Å². The van der Waals surface area contributed by atoms with Crippen molar-refractivity contribution >= 4 is 0 Å². The highest BCUT2D eigenvalue weighted by atomic mass is 19.1. The Kier molecular flexibility index (Phi) is 4.87. The minimum atomic E-state index is -0.466. The molecule has 7 heteroatoms. The Morgan fingerprint density at radius 1 is 1.19 bits per heavy atom. The fourth-order valence-electron chi connectivity index (χ4n) is 3.36. The van der Waals surface area contributed by atoms with Gasteiger partial charge in [0.2, 0.25) is 11.7 Å². The van der Waals surface area contributed by atoms with E-state index in [-0.39, 0.29) is 11.9 Å². The first kappa shape index (κ1) is 17.6. The molecule has 4 rings (SSSR count). The van der Waals surface area contributed by atoms with Crippen LogP contribution in [0, 0.1) is 5.82 Å². The van der Waals surface area contributed by atoms with E-state index in [1.807, 2.05) is 24.3 Å². The number of hydrogen-bond acceptors (Lipinski definition) is 6. The zero-order valence-electron chi connectivity index (χ0n) is 14.9. The molecule has 27 heavy (non-hydrogen) atoms. The summed E-state index contributed by atoms with van der Waals surface area (Å²) < 4.78 is 23.8. The maximum absolute atomic E-state index is 13.1. The molecule has 0 spiro atoms. The van der Waals surface area contributed by atoms with Crippen LogP contribution < -0.4 is 4.74 Å². The Bertz CT molecular complexity index is 896. The molecular weight excluding hydrogens is 349 g/mol. The lowest BCUT2D eigenvalue weighted by atomic mass is 10.1. The van der Waals surface area contributed by atoms with Gasteiger partial charge in [-0.25, -0.2) is 4.39 Å². The van der Waals surface area contributed by atoms with E-state index >= 15 is 0 Å². The summed E-state index contributed by atoms with van der Waals surface area (Å²) in [5, 5.41) is 14.2. The lowest BCUT2D eigenvalue weighted by molar-refractivity contribution is 0.169. The van der Waals surface area contributed by atoms with E-state index in [0.717, 1.165) is 16.9 Å². The lowest BCUT2D eigenvalue weighted by Crippen LogP contribution is -2.24. The Morgan fingerprint density at radius 2 is 1.93 bits per heavy atom. The number of nitrogens with zero attached hydrogens (tertiary/aromatic N) is 3. The van der Waals surface area contributed by atoms with Gasteiger partial charge in [-0.15, -0.1) is 0 Å². The van der Waals surface area contributed by atoms with Crippen LogP contribution in [0.25, 0.3) is 11.4 Å². The van der Waals surface area contributed by atoms with Crippen LogP contribution in [-0.2, 0) is 6.54 Å². The quantitative estimate of drug-likeness (QED) is 0.745. The molecule has 6 nitrogen and oxygen atoms in total. The molecule has 1 fully saturated rings. The minimum Gasteiger partial charge on any atom is -0.497 e. The van der Waals surface area contributed by atoms with Crippen LogP contribution in [0.1, 0.15) is 23.9 Å². The summed E-state index contributed by atoms with van der Waals surface area (Å²) in [4.78, 5) is 6.60. The van der Waals surface area contributed by atoms with Gasteiger partial charge in [-0.05, 0) is 48.4 Å². The van der Waals surface area contributed by atoms with Crippen LogP contribution in [-0.4, -0.2) is 39.9 Å². The predicted octanol–water partition coefficient (Wildman–Crippen LogP) is 3.19. The van der Waals surface area contributed by atoms with Crippen molar-refractivity contribution < 1.29 is 18.8 Å². The van der Waals surface area contributed by atoms with E-state index in [0.29, 0.717) is 31.2 Å². The highest BCUT2D eigenvalue weighted by molar-refractivity contribution is 5.55. The van der Waals surface area contributed by atoms with Crippen LogP contribution in [0.3, 0.4) is 0 Å². The zero-order valence-corrected chi connectivity index (χ0v) is 14.9. The predicted molar refractivity (Wildman–Crippen MR) is 96.5 cm³/mol. The molecule has 0 saturated carbocycles. The summed E-state index contributed by atoms with van der Waals surface area (Å²) in [6.07, 6.45) is 0.0533. The summed E-state index contributed by atoms with van der Waals surface area (Å²) in [6.45, 7) is 1.07. The van der Waals surface area contributed by atoms with Crippen LogP contribution in [0.5, 0.6) is 5.75 Å². The molecule has 1 aromatic heterocycles. The Labute approximate surface area is 156 Å². The number of rotatable bonds is 5. The molecule has 2 heterocycles. The molecule has 0 aliphatic carbocycles. The first-order chi connectivity index (χ1) is 13.1. The molecule has 0 bridgehead atoms. The second-order valence-electron chi connectivity index (χ2n) is 6.65. The number of likely N-dealkylation sites (tertiary alicyclic amines) is 1. The Balaban J connectivity index is 1.53. The number of benzene rings is 2. The van der Waals surface area contributed by atoms with Crippen molar-refractivity contribution in [3.05, 3.63) is 65.8 Å². The molecule has 1 aliphatic rings. The van der Waals surface area contributed by atoms with Crippen molar-refractivity contribution in [1.82, 2.24) is 15.0 Å². The summed E-state index contributed by atoms with van der Waals surface area (Å²) in [5.74, 6) is 1.46. The maximum atomic E-state index is 13.1. The van der Waals surface area contributed by atoms with Gasteiger partial charge < -0.3 is 14.4 Å².